The monoisotopic (exact) mass is 414 g/mol. The van der Waals surface area contributed by atoms with E-state index >= 15 is 0 Å². The number of halogens is 1. The van der Waals surface area contributed by atoms with Crippen molar-refractivity contribution in [1.82, 2.24) is 9.55 Å². The van der Waals surface area contributed by atoms with Crippen LogP contribution in [0.1, 0.15) is 5.56 Å². The molecule has 4 rings (SSSR count). The number of benzene rings is 2. The quantitative estimate of drug-likeness (QED) is 0.433. The number of hydrogen-bond donors (Lipinski definition) is 0. The Morgan fingerprint density at radius 1 is 0.957 bits per heavy atom. The van der Waals surface area contributed by atoms with Crippen LogP contribution in [0.25, 0.3) is 22.6 Å². The fourth-order valence-electron chi connectivity index (χ4n) is 2.79. The average molecular weight is 414 g/mol. The van der Waals surface area contributed by atoms with Gasteiger partial charge >= 0.3 is 0 Å². The first-order valence-corrected chi connectivity index (χ1v) is 8.63. The molecule has 23 heavy (non-hydrogen) atoms. The molecule has 2 aromatic carbocycles. The summed E-state index contributed by atoms with van der Waals surface area (Å²) in [5, 5.41) is 0. The molecule has 3 nitrogen and oxygen atoms in total. The number of fused-ring (bicyclic) bond motifs is 1. The molecule has 4 aromatic rings. The summed E-state index contributed by atoms with van der Waals surface area (Å²) in [5.41, 5.74) is 3.47. The van der Waals surface area contributed by atoms with Gasteiger partial charge in [-0.15, -0.1) is 0 Å². The van der Waals surface area contributed by atoms with Crippen molar-refractivity contribution in [2.75, 3.05) is 0 Å². The Balaban J connectivity index is 1.72. The minimum absolute atomic E-state index is 0.809. The molecule has 0 saturated carbocycles. The van der Waals surface area contributed by atoms with Gasteiger partial charge in [0.05, 0.1) is 17.3 Å². The van der Waals surface area contributed by atoms with Crippen LogP contribution < -0.4 is 0 Å². The first kappa shape index (κ1) is 14.5. The lowest BCUT2D eigenvalue weighted by Gasteiger charge is -2.08. The van der Waals surface area contributed by atoms with Crippen molar-refractivity contribution in [2.24, 2.45) is 0 Å². The van der Waals surface area contributed by atoms with Crippen molar-refractivity contribution in [3.63, 3.8) is 0 Å². The zero-order valence-corrected chi connectivity index (χ0v) is 14.6. The predicted molar refractivity (Wildman–Crippen MR) is 100 cm³/mol. The molecule has 2 aromatic heterocycles. The lowest BCUT2D eigenvalue weighted by Crippen LogP contribution is -2.03. The minimum atomic E-state index is 0.809. The van der Waals surface area contributed by atoms with Crippen LogP contribution in [0.5, 0.6) is 0 Å². The smallest absolute Gasteiger partial charge is 0.177 e. The Hall–Kier alpha value is -2.08. The van der Waals surface area contributed by atoms with E-state index in [1.165, 1.54) is 9.13 Å². The summed E-state index contributed by atoms with van der Waals surface area (Å²) < 4.78 is 9.08. The summed E-state index contributed by atoms with van der Waals surface area (Å²) in [6.45, 7) is 0.872. The number of nitrogens with zero attached hydrogens (tertiary/aromatic N) is 2. The highest BCUT2D eigenvalue weighted by atomic mass is 127. The molecule has 4 heteroatoms. The summed E-state index contributed by atoms with van der Waals surface area (Å²) in [6, 6.07) is 20.8. The van der Waals surface area contributed by atoms with Crippen molar-refractivity contribution in [3.8, 4) is 11.6 Å². The fourth-order valence-corrected chi connectivity index (χ4v) is 3.15. The summed E-state index contributed by atoms with van der Waals surface area (Å²) in [4.78, 5) is 4.75. The standard InChI is InChI=1S/C19H15IN2O/c20-15-9-7-14(8-10-15)11-12-22-17-5-2-1-4-16(17)21-19(22)18-6-3-13-23-18/h1-10,13H,11-12H2. The van der Waals surface area contributed by atoms with Crippen LogP contribution in [0, 0.1) is 3.57 Å². The van der Waals surface area contributed by atoms with Gasteiger partial charge in [-0.3, -0.25) is 0 Å². The maximum absolute atomic E-state index is 5.57. The van der Waals surface area contributed by atoms with Gasteiger partial charge in [-0.2, -0.15) is 0 Å². The Morgan fingerprint density at radius 3 is 2.57 bits per heavy atom. The van der Waals surface area contributed by atoms with Crippen LogP contribution >= 0.6 is 22.6 Å². The van der Waals surface area contributed by atoms with Gasteiger partial charge in [0.1, 0.15) is 0 Å². The lowest BCUT2D eigenvalue weighted by atomic mass is 10.1. The van der Waals surface area contributed by atoms with Gasteiger partial charge < -0.3 is 8.98 Å². The van der Waals surface area contributed by atoms with E-state index in [4.69, 9.17) is 9.40 Å². The molecular weight excluding hydrogens is 399 g/mol. The minimum Gasteiger partial charge on any atom is -0.461 e. The third-order valence-corrected chi connectivity index (χ3v) is 4.65. The Labute approximate surface area is 148 Å². The van der Waals surface area contributed by atoms with Gasteiger partial charge in [0.15, 0.2) is 11.6 Å². The van der Waals surface area contributed by atoms with E-state index in [0.29, 0.717) is 0 Å². The number of furan rings is 1. The number of rotatable bonds is 4. The summed E-state index contributed by atoms with van der Waals surface area (Å²) >= 11 is 2.33. The van der Waals surface area contributed by atoms with Gasteiger partial charge in [0.2, 0.25) is 0 Å². The molecular formula is C19H15IN2O. The second-order valence-electron chi connectivity index (χ2n) is 5.43. The predicted octanol–water partition coefficient (Wildman–Crippen LogP) is 5.14. The summed E-state index contributed by atoms with van der Waals surface area (Å²) in [6.07, 6.45) is 2.66. The van der Waals surface area contributed by atoms with E-state index < -0.39 is 0 Å². The van der Waals surface area contributed by atoms with E-state index in [1.807, 2.05) is 24.3 Å². The van der Waals surface area contributed by atoms with Crippen LogP contribution in [-0.4, -0.2) is 9.55 Å². The van der Waals surface area contributed by atoms with Gasteiger partial charge in [0, 0.05) is 10.1 Å². The number of aromatic nitrogens is 2. The van der Waals surface area contributed by atoms with Crippen molar-refractivity contribution >= 4 is 33.6 Å². The second kappa shape index (κ2) is 6.20. The highest BCUT2D eigenvalue weighted by molar-refractivity contribution is 14.1. The van der Waals surface area contributed by atoms with Crippen LogP contribution in [0.4, 0.5) is 0 Å². The van der Waals surface area contributed by atoms with Crippen molar-refractivity contribution in [2.45, 2.75) is 13.0 Å². The largest absolute Gasteiger partial charge is 0.461 e. The molecule has 0 N–H and O–H groups in total. The summed E-state index contributed by atoms with van der Waals surface area (Å²) in [5.74, 6) is 1.70. The van der Waals surface area contributed by atoms with Crippen molar-refractivity contribution in [1.29, 1.82) is 0 Å². The first-order chi connectivity index (χ1) is 11.3. The molecule has 0 unspecified atom stereocenters. The van der Waals surface area contributed by atoms with E-state index in [2.05, 4.69) is 63.6 Å². The van der Waals surface area contributed by atoms with Crippen LogP contribution in [0.15, 0.2) is 71.3 Å². The Morgan fingerprint density at radius 2 is 1.78 bits per heavy atom. The Kier molecular flexibility index (Phi) is 3.91. The average Bonchev–Trinajstić information content (AvgIpc) is 3.22. The van der Waals surface area contributed by atoms with Crippen LogP contribution in [-0.2, 0) is 13.0 Å². The molecule has 0 aliphatic heterocycles. The molecule has 0 aliphatic rings. The number of imidazole rings is 1. The van der Waals surface area contributed by atoms with E-state index in [9.17, 15) is 0 Å². The molecule has 0 saturated heterocycles. The number of aryl methyl sites for hydroxylation is 2. The second-order valence-corrected chi connectivity index (χ2v) is 6.68. The van der Waals surface area contributed by atoms with Gasteiger partial charge in [-0.1, -0.05) is 24.3 Å². The molecule has 2 heterocycles. The molecule has 0 spiro atoms. The topological polar surface area (TPSA) is 31.0 Å². The third kappa shape index (κ3) is 2.91. The third-order valence-electron chi connectivity index (χ3n) is 3.93. The van der Waals surface area contributed by atoms with Crippen LogP contribution in [0.2, 0.25) is 0 Å². The molecule has 114 valence electrons. The Bertz CT molecular complexity index is 924. The first-order valence-electron chi connectivity index (χ1n) is 7.55. The molecule has 0 amide bonds. The van der Waals surface area contributed by atoms with E-state index in [1.54, 1.807) is 6.26 Å². The number of hydrogen-bond acceptors (Lipinski definition) is 2. The molecule has 0 aliphatic carbocycles. The lowest BCUT2D eigenvalue weighted by molar-refractivity contribution is 0.569. The SMILES string of the molecule is Ic1ccc(CCn2c(-c3ccco3)nc3ccccc32)cc1. The van der Waals surface area contributed by atoms with Crippen LogP contribution in [0.3, 0.4) is 0 Å². The van der Waals surface area contributed by atoms with Crippen molar-refractivity contribution < 1.29 is 4.42 Å². The molecule has 0 atom stereocenters. The maximum atomic E-state index is 5.57. The van der Waals surface area contributed by atoms with E-state index in [-0.39, 0.29) is 0 Å². The zero-order chi connectivity index (χ0) is 15.6. The highest BCUT2D eigenvalue weighted by Crippen LogP contribution is 2.25. The normalized spacial score (nSPS) is 11.2. The highest BCUT2D eigenvalue weighted by Gasteiger charge is 2.14. The molecule has 0 radical (unpaired) electrons. The van der Waals surface area contributed by atoms with Crippen molar-refractivity contribution in [3.05, 3.63) is 76.1 Å². The summed E-state index contributed by atoms with van der Waals surface area (Å²) in [7, 11) is 0. The van der Waals surface area contributed by atoms with Gasteiger partial charge in [0.25, 0.3) is 0 Å². The molecule has 0 bridgehead atoms. The zero-order valence-electron chi connectivity index (χ0n) is 12.4. The van der Waals surface area contributed by atoms with Gasteiger partial charge in [-0.05, 0) is 71.0 Å². The van der Waals surface area contributed by atoms with Gasteiger partial charge in [-0.25, -0.2) is 4.98 Å². The fraction of sp³-hybridized carbons (Fsp3) is 0.105. The molecule has 0 fully saturated rings. The number of para-hydroxylation sites is 2. The van der Waals surface area contributed by atoms with E-state index in [0.717, 1.165) is 35.6 Å². The maximum Gasteiger partial charge on any atom is 0.177 e.